The zero-order valence-electron chi connectivity index (χ0n) is 16.7. The minimum Gasteiger partial charge on any atom is -0.379 e. The van der Waals surface area contributed by atoms with Crippen molar-refractivity contribution in [3.63, 3.8) is 0 Å². The molecule has 0 N–H and O–H groups in total. The maximum Gasteiger partial charge on any atom is 0.260 e. The monoisotopic (exact) mass is 429 g/mol. The van der Waals surface area contributed by atoms with Gasteiger partial charge in [-0.15, -0.1) is 0 Å². The fourth-order valence-electron chi connectivity index (χ4n) is 3.41. The van der Waals surface area contributed by atoms with Crippen LogP contribution in [-0.2, 0) is 4.74 Å². The van der Waals surface area contributed by atoms with Gasteiger partial charge in [-0.2, -0.15) is 0 Å². The lowest BCUT2D eigenvalue weighted by Crippen LogP contribution is -2.43. The van der Waals surface area contributed by atoms with Crippen LogP contribution in [0.1, 0.15) is 21.5 Å². The highest BCUT2D eigenvalue weighted by Crippen LogP contribution is 2.31. The number of aromatic nitrogens is 1. The summed E-state index contributed by atoms with van der Waals surface area (Å²) in [6, 6.07) is 11.3. The van der Waals surface area contributed by atoms with Crippen LogP contribution >= 0.6 is 22.9 Å². The van der Waals surface area contributed by atoms with Crippen LogP contribution in [0.5, 0.6) is 0 Å². The third-order valence-corrected chi connectivity index (χ3v) is 6.56. The molecule has 3 aromatic rings. The number of carbonyl (C=O) groups is 1. The normalized spacial score (nSPS) is 15.0. The smallest absolute Gasteiger partial charge is 0.260 e. The van der Waals surface area contributed by atoms with Crippen molar-refractivity contribution in [3.05, 3.63) is 58.1 Å². The molecule has 0 radical (unpaired) electrons. The molecule has 0 unspecified atom stereocenters. The maximum absolute atomic E-state index is 13.4. The molecule has 0 aliphatic carbocycles. The summed E-state index contributed by atoms with van der Waals surface area (Å²) < 4.78 is 6.53. The van der Waals surface area contributed by atoms with Gasteiger partial charge < -0.3 is 4.74 Å². The zero-order chi connectivity index (χ0) is 20.4. The summed E-state index contributed by atoms with van der Waals surface area (Å²) in [6.45, 7) is 8.79. The van der Waals surface area contributed by atoms with Gasteiger partial charge in [0.2, 0.25) is 0 Å². The van der Waals surface area contributed by atoms with E-state index < -0.39 is 0 Å². The van der Waals surface area contributed by atoms with Crippen LogP contribution in [0.4, 0.5) is 5.13 Å². The van der Waals surface area contributed by atoms with Crippen LogP contribution in [0.2, 0.25) is 5.02 Å². The van der Waals surface area contributed by atoms with Crippen LogP contribution < -0.4 is 4.90 Å². The first-order chi connectivity index (χ1) is 14.0. The van der Waals surface area contributed by atoms with E-state index in [9.17, 15) is 4.79 Å². The number of hydrogen-bond acceptors (Lipinski definition) is 5. The molecule has 2 aromatic carbocycles. The summed E-state index contributed by atoms with van der Waals surface area (Å²) >= 11 is 7.69. The van der Waals surface area contributed by atoms with Gasteiger partial charge >= 0.3 is 0 Å². The number of benzene rings is 2. The van der Waals surface area contributed by atoms with Crippen LogP contribution in [0, 0.1) is 13.8 Å². The molecule has 1 saturated heterocycles. The maximum atomic E-state index is 13.4. The number of morpholine rings is 1. The number of rotatable bonds is 5. The number of fused-ring (bicyclic) bond motifs is 1. The second kappa shape index (κ2) is 8.79. The van der Waals surface area contributed by atoms with Gasteiger partial charge in [0, 0.05) is 36.8 Å². The quantitative estimate of drug-likeness (QED) is 0.597. The van der Waals surface area contributed by atoms with E-state index in [1.54, 1.807) is 40.5 Å². The number of halogens is 1. The van der Waals surface area contributed by atoms with Gasteiger partial charge in [-0.05, 0) is 55.3 Å². The molecule has 1 aromatic heterocycles. The minimum absolute atomic E-state index is 0.0757. The van der Waals surface area contributed by atoms with Crippen molar-refractivity contribution >= 4 is 44.2 Å². The molecule has 1 aliphatic heterocycles. The number of hydrogen-bond donors (Lipinski definition) is 0. The average Bonchev–Trinajstić information content (AvgIpc) is 3.11. The summed E-state index contributed by atoms with van der Waals surface area (Å²) in [5.41, 5.74) is 3.94. The highest BCUT2D eigenvalue weighted by atomic mass is 35.5. The van der Waals surface area contributed by atoms with Crippen molar-refractivity contribution in [2.24, 2.45) is 0 Å². The Hall–Kier alpha value is -1.99. The first-order valence-corrected chi connectivity index (χ1v) is 11.0. The van der Waals surface area contributed by atoms with Gasteiger partial charge in [-0.3, -0.25) is 14.6 Å². The SMILES string of the molecule is Cc1cc2nc(N(CCN3CCOCC3)C(=O)c3cccc(Cl)c3)sc2cc1C. The van der Waals surface area contributed by atoms with E-state index in [1.807, 2.05) is 0 Å². The first kappa shape index (κ1) is 20.3. The lowest BCUT2D eigenvalue weighted by Gasteiger charge is -2.29. The highest BCUT2D eigenvalue weighted by molar-refractivity contribution is 7.22. The van der Waals surface area contributed by atoms with E-state index in [0.29, 0.717) is 17.1 Å². The molecule has 0 bridgehead atoms. The van der Waals surface area contributed by atoms with Gasteiger partial charge in [-0.1, -0.05) is 29.0 Å². The molecule has 1 amide bonds. The molecule has 7 heteroatoms. The van der Waals surface area contributed by atoms with Crippen LogP contribution in [0.25, 0.3) is 10.2 Å². The number of amides is 1. The van der Waals surface area contributed by atoms with E-state index in [1.165, 1.54) is 11.1 Å². The van der Waals surface area contributed by atoms with Crippen LogP contribution in [0.15, 0.2) is 36.4 Å². The molecular weight excluding hydrogens is 406 g/mol. The summed E-state index contributed by atoms with van der Waals surface area (Å²) in [6.07, 6.45) is 0. The molecule has 0 saturated carbocycles. The summed E-state index contributed by atoms with van der Waals surface area (Å²) in [5.74, 6) is -0.0757. The molecule has 4 rings (SSSR count). The van der Waals surface area contributed by atoms with Gasteiger partial charge in [0.15, 0.2) is 5.13 Å². The molecule has 1 fully saturated rings. The Balaban J connectivity index is 1.66. The largest absolute Gasteiger partial charge is 0.379 e. The Kier molecular flexibility index (Phi) is 6.15. The average molecular weight is 430 g/mol. The molecular formula is C22H24ClN3O2S. The van der Waals surface area contributed by atoms with Crippen LogP contribution in [0.3, 0.4) is 0 Å². The van der Waals surface area contributed by atoms with Gasteiger partial charge in [0.1, 0.15) is 0 Å². The van der Waals surface area contributed by atoms with E-state index in [-0.39, 0.29) is 5.91 Å². The molecule has 0 atom stereocenters. The predicted molar refractivity (Wildman–Crippen MR) is 119 cm³/mol. The van der Waals surface area contributed by atoms with Crippen molar-refractivity contribution in [3.8, 4) is 0 Å². The molecule has 2 heterocycles. The molecule has 0 spiro atoms. The summed E-state index contributed by atoms with van der Waals surface area (Å²) in [7, 11) is 0. The third-order valence-electron chi connectivity index (χ3n) is 5.28. The fraction of sp³-hybridized carbons (Fsp3) is 0.364. The number of ether oxygens (including phenoxy) is 1. The standard InChI is InChI=1S/C22H24ClN3O2S/c1-15-12-19-20(13-16(15)2)29-22(24-19)26(7-6-25-8-10-28-11-9-25)21(27)17-4-3-5-18(23)14-17/h3-5,12-14H,6-11H2,1-2H3. The lowest BCUT2D eigenvalue weighted by atomic mass is 10.1. The number of nitrogens with zero attached hydrogens (tertiary/aromatic N) is 3. The summed E-state index contributed by atoms with van der Waals surface area (Å²) in [4.78, 5) is 22.3. The van der Waals surface area contributed by atoms with Gasteiger partial charge in [-0.25, -0.2) is 4.98 Å². The molecule has 152 valence electrons. The second-order valence-electron chi connectivity index (χ2n) is 7.32. The Morgan fingerprint density at radius 1 is 1.21 bits per heavy atom. The molecule has 29 heavy (non-hydrogen) atoms. The molecule has 5 nitrogen and oxygen atoms in total. The topological polar surface area (TPSA) is 45.7 Å². The van der Waals surface area contributed by atoms with E-state index in [2.05, 4.69) is 30.9 Å². The number of anilines is 1. The number of carbonyl (C=O) groups excluding carboxylic acids is 1. The Morgan fingerprint density at radius 2 is 1.97 bits per heavy atom. The van der Waals surface area contributed by atoms with Gasteiger partial charge in [0.25, 0.3) is 5.91 Å². The van der Waals surface area contributed by atoms with Crippen molar-refractivity contribution < 1.29 is 9.53 Å². The van der Waals surface area contributed by atoms with Crippen molar-refractivity contribution in [2.75, 3.05) is 44.3 Å². The Morgan fingerprint density at radius 3 is 2.72 bits per heavy atom. The Bertz CT molecular complexity index is 991. The lowest BCUT2D eigenvalue weighted by molar-refractivity contribution is 0.0391. The van der Waals surface area contributed by atoms with Crippen molar-refractivity contribution in [1.29, 1.82) is 0 Å². The molecule has 1 aliphatic rings. The number of aryl methyl sites for hydroxylation is 2. The van der Waals surface area contributed by atoms with E-state index in [4.69, 9.17) is 21.3 Å². The van der Waals surface area contributed by atoms with Gasteiger partial charge in [0.05, 0.1) is 23.4 Å². The van der Waals surface area contributed by atoms with E-state index in [0.717, 1.165) is 48.2 Å². The van der Waals surface area contributed by atoms with Crippen molar-refractivity contribution in [1.82, 2.24) is 9.88 Å². The fourth-order valence-corrected chi connectivity index (χ4v) is 4.67. The zero-order valence-corrected chi connectivity index (χ0v) is 18.2. The predicted octanol–water partition coefficient (Wildman–Crippen LogP) is 4.55. The van der Waals surface area contributed by atoms with Crippen molar-refractivity contribution in [2.45, 2.75) is 13.8 Å². The van der Waals surface area contributed by atoms with E-state index >= 15 is 0 Å². The third kappa shape index (κ3) is 4.61. The highest BCUT2D eigenvalue weighted by Gasteiger charge is 2.23. The van der Waals surface area contributed by atoms with Crippen LogP contribution in [-0.4, -0.2) is 55.2 Å². The second-order valence-corrected chi connectivity index (χ2v) is 8.77. The Labute approximate surface area is 179 Å². The minimum atomic E-state index is -0.0757. The summed E-state index contributed by atoms with van der Waals surface area (Å²) in [5, 5.41) is 1.28. The first-order valence-electron chi connectivity index (χ1n) is 9.76. The number of thiazole rings is 1.